The molecule has 0 bridgehead atoms. The van der Waals surface area contributed by atoms with E-state index < -0.39 is 0 Å². The van der Waals surface area contributed by atoms with Gasteiger partial charge >= 0.3 is 0 Å². The van der Waals surface area contributed by atoms with E-state index in [-0.39, 0.29) is 0 Å². The molecule has 1 saturated heterocycles. The lowest BCUT2D eigenvalue weighted by Gasteiger charge is -2.36. The quantitative estimate of drug-likeness (QED) is 0.721. The molecule has 1 heterocycles. The molecule has 2 nitrogen and oxygen atoms in total. The minimum absolute atomic E-state index is 0.765. The van der Waals surface area contributed by atoms with Crippen LogP contribution in [0.15, 0.2) is 0 Å². The van der Waals surface area contributed by atoms with Gasteiger partial charge in [0.05, 0.1) is 0 Å². The maximum Gasteiger partial charge on any atom is 0.0223 e. The summed E-state index contributed by atoms with van der Waals surface area (Å²) in [4.78, 5) is 2.90. The fraction of sp³-hybridized carbons (Fsp3) is 1.00. The van der Waals surface area contributed by atoms with Crippen LogP contribution in [0.25, 0.3) is 0 Å². The standard InChI is InChI=1S/C18H36N2/c1-4-8-17(14-19-13-15(2)3)20-12-7-11-18(20)16-9-5-6-10-16/h15-19H,4-14H2,1-3H3. The zero-order valence-electron chi connectivity index (χ0n) is 14.0. The van der Waals surface area contributed by atoms with Gasteiger partial charge in [0, 0.05) is 18.6 Å². The summed E-state index contributed by atoms with van der Waals surface area (Å²) in [6.45, 7) is 10.7. The summed E-state index contributed by atoms with van der Waals surface area (Å²) in [6.07, 6.45) is 11.6. The second-order valence-electron chi connectivity index (χ2n) is 7.49. The van der Waals surface area contributed by atoms with Crippen LogP contribution in [-0.2, 0) is 0 Å². The maximum absolute atomic E-state index is 3.72. The average molecular weight is 280 g/mol. The van der Waals surface area contributed by atoms with Crippen molar-refractivity contribution < 1.29 is 0 Å². The monoisotopic (exact) mass is 280 g/mol. The smallest absolute Gasteiger partial charge is 0.0223 e. The number of nitrogens with one attached hydrogen (secondary N) is 1. The molecule has 118 valence electrons. The average Bonchev–Trinajstić information content (AvgIpc) is 3.08. The molecule has 0 aromatic heterocycles. The Morgan fingerprint density at radius 1 is 1.05 bits per heavy atom. The van der Waals surface area contributed by atoms with Crippen LogP contribution in [0.5, 0.6) is 0 Å². The molecule has 20 heavy (non-hydrogen) atoms. The van der Waals surface area contributed by atoms with Gasteiger partial charge in [-0.05, 0) is 57.0 Å². The lowest BCUT2D eigenvalue weighted by atomic mass is 9.94. The van der Waals surface area contributed by atoms with Crippen molar-refractivity contribution in [2.45, 2.75) is 84.2 Å². The van der Waals surface area contributed by atoms with E-state index in [1.165, 1.54) is 71.0 Å². The van der Waals surface area contributed by atoms with Gasteiger partial charge in [0.2, 0.25) is 0 Å². The van der Waals surface area contributed by atoms with Crippen LogP contribution in [-0.4, -0.2) is 36.6 Å². The van der Waals surface area contributed by atoms with Crippen LogP contribution in [0.4, 0.5) is 0 Å². The largest absolute Gasteiger partial charge is 0.315 e. The van der Waals surface area contributed by atoms with Gasteiger partial charge in [-0.3, -0.25) is 4.90 Å². The predicted octanol–water partition coefficient (Wildman–Crippen LogP) is 4.06. The number of rotatable bonds is 8. The van der Waals surface area contributed by atoms with E-state index in [2.05, 4.69) is 31.0 Å². The molecule has 0 aromatic carbocycles. The van der Waals surface area contributed by atoms with Gasteiger partial charge in [0.15, 0.2) is 0 Å². The summed E-state index contributed by atoms with van der Waals surface area (Å²) in [5, 5.41) is 3.72. The molecule has 1 aliphatic heterocycles. The molecule has 1 N–H and O–H groups in total. The molecule has 2 fully saturated rings. The first-order valence-corrected chi connectivity index (χ1v) is 9.18. The molecular formula is C18H36N2. The second-order valence-corrected chi connectivity index (χ2v) is 7.49. The molecule has 1 saturated carbocycles. The Labute approximate surface area is 126 Å². The summed E-state index contributed by atoms with van der Waals surface area (Å²) < 4.78 is 0. The highest BCUT2D eigenvalue weighted by molar-refractivity contribution is 4.91. The Bertz CT molecular complexity index is 258. The van der Waals surface area contributed by atoms with E-state index >= 15 is 0 Å². The van der Waals surface area contributed by atoms with E-state index in [1.807, 2.05) is 0 Å². The van der Waals surface area contributed by atoms with Crippen molar-refractivity contribution >= 4 is 0 Å². The Kier molecular flexibility index (Phi) is 6.83. The molecule has 0 spiro atoms. The van der Waals surface area contributed by atoms with Crippen LogP contribution in [0.2, 0.25) is 0 Å². The van der Waals surface area contributed by atoms with E-state index in [0.717, 1.165) is 23.9 Å². The van der Waals surface area contributed by atoms with E-state index in [1.54, 1.807) is 0 Å². The fourth-order valence-corrected chi connectivity index (χ4v) is 4.37. The van der Waals surface area contributed by atoms with Gasteiger partial charge in [0.25, 0.3) is 0 Å². The van der Waals surface area contributed by atoms with Crippen molar-refractivity contribution in [3.63, 3.8) is 0 Å². The highest BCUT2D eigenvalue weighted by Gasteiger charge is 2.36. The van der Waals surface area contributed by atoms with Crippen molar-refractivity contribution in [2.75, 3.05) is 19.6 Å². The third kappa shape index (κ3) is 4.46. The van der Waals surface area contributed by atoms with E-state index in [4.69, 9.17) is 0 Å². The Morgan fingerprint density at radius 2 is 1.80 bits per heavy atom. The van der Waals surface area contributed by atoms with Gasteiger partial charge in [-0.1, -0.05) is 40.0 Å². The summed E-state index contributed by atoms with van der Waals surface area (Å²) in [5.74, 6) is 1.78. The number of likely N-dealkylation sites (tertiary alicyclic amines) is 1. The van der Waals surface area contributed by atoms with E-state index in [0.29, 0.717) is 0 Å². The van der Waals surface area contributed by atoms with Gasteiger partial charge in [-0.15, -0.1) is 0 Å². The van der Waals surface area contributed by atoms with Crippen LogP contribution < -0.4 is 5.32 Å². The first-order chi connectivity index (χ1) is 9.72. The van der Waals surface area contributed by atoms with Crippen molar-refractivity contribution in [1.82, 2.24) is 10.2 Å². The molecule has 2 unspecified atom stereocenters. The molecular weight excluding hydrogens is 244 g/mol. The maximum atomic E-state index is 3.72. The van der Waals surface area contributed by atoms with Crippen LogP contribution >= 0.6 is 0 Å². The van der Waals surface area contributed by atoms with Crippen LogP contribution in [0.1, 0.15) is 72.1 Å². The molecule has 2 rings (SSSR count). The molecule has 1 aliphatic carbocycles. The fourth-order valence-electron chi connectivity index (χ4n) is 4.37. The zero-order valence-corrected chi connectivity index (χ0v) is 14.0. The highest BCUT2D eigenvalue weighted by atomic mass is 15.2. The molecule has 2 atom stereocenters. The minimum Gasteiger partial charge on any atom is -0.315 e. The van der Waals surface area contributed by atoms with Crippen molar-refractivity contribution in [3.8, 4) is 0 Å². The highest BCUT2D eigenvalue weighted by Crippen LogP contribution is 2.36. The summed E-state index contributed by atoms with van der Waals surface area (Å²) >= 11 is 0. The Balaban J connectivity index is 1.88. The number of hydrogen-bond donors (Lipinski definition) is 1. The van der Waals surface area contributed by atoms with Crippen molar-refractivity contribution in [2.24, 2.45) is 11.8 Å². The molecule has 0 amide bonds. The number of nitrogens with zero attached hydrogens (tertiary/aromatic N) is 1. The lowest BCUT2D eigenvalue weighted by molar-refractivity contribution is 0.125. The van der Waals surface area contributed by atoms with Crippen LogP contribution in [0.3, 0.4) is 0 Å². The van der Waals surface area contributed by atoms with Crippen molar-refractivity contribution in [3.05, 3.63) is 0 Å². The van der Waals surface area contributed by atoms with Gasteiger partial charge < -0.3 is 5.32 Å². The van der Waals surface area contributed by atoms with Crippen molar-refractivity contribution in [1.29, 1.82) is 0 Å². The molecule has 2 aliphatic rings. The first kappa shape index (κ1) is 16.3. The summed E-state index contributed by atoms with van der Waals surface area (Å²) in [5.41, 5.74) is 0. The summed E-state index contributed by atoms with van der Waals surface area (Å²) in [7, 11) is 0. The Hall–Kier alpha value is -0.0800. The molecule has 2 heteroatoms. The lowest BCUT2D eigenvalue weighted by Crippen LogP contribution is -2.47. The minimum atomic E-state index is 0.765. The SMILES string of the molecule is CCCC(CNCC(C)C)N1CCCC1C1CCCC1. The normalized spacial score (nSPS) is 26.7. The summed E-state index contributed by atoms with van der Waals surface area (Å²) in [6, 6.07) is 1.70. The molecule has 0 radical (unpaired) electrons. The predicted molar refractivity (Wildman–Crippen MR) is 88.1 cm³/mol. The number of hydrogen-bond acceptors (Lipinski definition) is 2. The van der Waals surface area contributed by atoms with Gasteiger partial charge in [0.1, 0.15) is 0 Å². The zero-order chi connectivity index (χ0) is 14.4. The van der Waals surface area contributed by atoms with E-state index in [9.17, 15) is 0 Å². The van der Waals surface area contributed by atoms with Gasteiger partial charge in [-0.2, -0.15) is 0 Å². The third-order valence-electron chi connectivity index (χ3n) is 5.31. The van der Waals surface area contributed by atoms with Gasteiger partial charge in [-0.25, -0.2) is 0 Å². The topological polar surface area (TPSA) is 15.3 Å². The van der Waals surface area contributed by atoms with Crippen LogP contribution in [0, 0.1) is 11.8 Å². The Morgan fingerprint density at radius 3 is 2.45 bits per heavy atom. The molecule has 0 aromatic rings. The third-order valence-corrected chi connectivity index (χ3v) is 5.31. The second kappa shape index (κ2) is 8.38. The first-order valence-electron chi connectivity index (χ1n) is 9.18.